The highest BCUT2D eigenvalue weighted by Gasteiger charge is 2.41. The Hall–Kier alpha value is -2.62. The molecule has 192 valence electrons. The van der Waals surface area contributed by atoms with Crippen LogP contribution in [-0.4, -0.2) is 42.4 Å². The first kappa shape index (κ1) is 26.4. The molecule has 2 atom stereocenters. The fourth-order valence-corrected chi connectivity index (χ4v) is 5.02. The number of pyridine rings is 1. The Labute approximate surface area is 217 Å². The average Bonchev–Trinajstić information content (AvgIpc) is 2.84. The Morgan fingerprint density at radius 1 is 1.11 bits per heavy atom. The van der Waals surface area contributed by atoms with E-state index in [9.17, 15) is 13.2 Å². The smallest absolute Gasteiger partial charge is 0.401 e. The van der Waals surface area contributed by atoms with Crippen LogP contribution in [0.5, 0.6) is 5.75 Å². The van der Waals surface area contributed by atoms with Crippen LogP contribution >= 0.6 is 15.9 Å². The number of nitrogen functional groups attached to an aromatic ring is 1. The summed E-state index contributed by atoms with van der Waals surface area (Å²) in [5.41, 5.74) is 11.3. The van der Waals surface area contributed by atoms with Crippen LogP contribution < -0.4 is 10.5 Å². The number of anilines is 1. The molecule has 1 aromatic heterocycles. The second-order valence-corrected chi connectivity index (χ2v) is 9.91. The van der Waals surface area contributed by atoms with Crippen LogP contribution in [0, 0.1) is 0 Å². The maximum atomic E-state index is 13.6. The quantitative estimate of drug-likeness (QED) is 0.265. The molecule has 0 aliphatic carbocycles. The van der Waals surface area contributed by atoms with Crippen molar-refractivity contribution in [2.75, 3.05) is 26.0 Å². The van der Waals surface area contributed by atoms with Crippen molar-refractivity contribution in [3.63, 3.8) is 0 Å². The number of nitrogens with two attached hydrogens (primary N) is 1. The second kappa shape index (κ2) is 11.2. The number of hydrogen-bond donors (Lipinski definition) is 1. The summed E-state index contributed by atoms with van der Waals surface area (Å²) in [6, 6.07) is 13.9. The summed E-state index contributed by atoms with van der Waals surface area (Å²) in [5.74, 6) is 0.783. The lowest BCUT2D eigenvalue weighted by atomic mass is 9.82. The lowest BCUT2D eigenvalue weighted by molar-refractivity contribution is -0.155. The van der Waals surface area contributed by atoms with Gasteiger partial charge in [-0.2, -0.15) is 13.2 Å². The number of methoxy groups -OCH3 is 1. The second-order valence-electron chi connectivity index (χ2n) is 9.00. The highest BCUT2D eigenvalue weighted by molar-refractivity contribution is 9.10. The van der Waals surface area contributed by atoms with Crippen LogP contribution in [0.4, 0.5) is 18.9 Å². The fourth-order valence-electron chi connectivity index (χ4n) is 4.79. The molecule has 2 aromatic carbocycles. The Kier molecular flexibility index (Phi) is 8.22. The number of hydrogen-bond acceptors (Lipinski definition) is 5. The van der Waals surface area contributed by atoms with Crippen molar-refractivity contribution < 1.29 is 22.6 Å². The molecule has 9 heteroatoms. The van der Waals surface area contributed by atoms with E-state index in [0.29, 0.717) is 37.4 Å². The number of ether oxygens (including phenoxy) is 2. The predicted octanol–water partition coefficient (Wildman–Crippen LogP) is 6.09. The molecular formula is C27H29BrF3N3O2. The maximum absolute atomic E-state index is 13.6. The van der Waals surface area contributed by atoms with Crippen molar-refractivity contribution in [2.24, 2.45) is 0 Å². The van der Waals surface area contributed by atoms with E-state index in [1.807, 2.05) is 37.3 Å². The zero-order chi connectivity index (χ0) is 25.9. The summed E-state index contributed by atoms with van der Waals surface area (Å²) >= 11 is 3.36. The third-order valence-electron chi connectivity index (χ3n) is 6.51. The van der Waals surface area contributed by atoms with E-state index in [1.165, 1.54) is 4.90 Å². The molecule has 0 unspecified atom stereocenters. The molecule has 1 aliphatic rings. The van der Waals surface area contributed by atoms with Gasteiger partial charge in [0.15, 0.2) is 0 Å². The van der Waals surface area contributed by atoms with Gasteiger partial charge in [-0.3, -0.25) is 9.88 Å². The van der Waals surface area contributed by atoms with Crippen LogP contribution in [0.2, 0.25) is 0 Å². The number of rotatable bonds is 8. The summed E-state index contributed by atoms with van der Waals surface area (Å²) < 4.78 is 52.5. The molecule has 1 aliphatic heterocycles. The number of fused-ring (bicyclic) bond motifs is 1. The standard InChI is InChI=1S/C27H29BrF3N3O2/c1-17-13-23-21(11-12-36-15-18-3-6-20(35-2)7-4-18)24(32)9-8-22(23)26(34(17)16-27(29,30)31)25-10-5-19(28)14-33-25/h3-10,14,17,26H,11-13,15-16,32H2,1-2H3/t17-,26+/m1/s1. The summed E-state index contributed by atoms with van der Waals surface area (Å²) in [6.45, 7) is 1.70. The van der Waals surface area contributed by atoms with Gasteiger partial charge in [-0.25, -0.2) is 0 Å². The van der Waals surface area contributed by atoms with Crippen molar-refractivity contribution in [1.82, 2.24) is 9.88 Å². The van der Waals surface area contributed by atoms with E-state index in [1.54, 1.807) is 31.5 Å². The minimum Gasteiger partial charge on any atom is -0.497 e. The Bertz CT molecular complexity index is 1170. The molecule has 4 rings (SSSR count). The Morgan fingerprint density at radius 3 is 2.50 bits per heavy atom. The van der Waals surface area contributed by atoms with Gasteiger partial charge in [0.25, 0.3) is 0 Å². The molecule has 0 saturated heterocycles. The average molecular weight is 564 g/mol. The van der Waals surface area contributed by atoms with Crippen LogP contribution in [0.15, 0.2) is 59.2 Å². The predicted molar refractivity (Wildman–Crippen MR) is 137 cm³/mol. The van der Waals surface area contributed by atoms with E-state index in [0.717, 1.165) is 32.5 Å². The van der Waals surface area contributed by atoms with Gasteiger partial charge in [0.1, 0.15) is 5.75 Å². The minimum absolute atomic E-state index is 0.352. The normalized spacial score (nSPS) is 18.2. The molecule has 2 N–H and O–H groups in total. The van der Waals surface area contributed by atoms with Gasteiger partial charge in [-0.05, 0) is 88.3 Å². The molecule has 0 bridgehead atoms. The molecular weight excluding hydrogens is 535 g/mol. The Morgan fingerprint density at radius 2 is 1.86 bits per heavy atom. The van der Waals surface area contributed by atoms with Crippen molar-refractivity contribution >= 4 is 21.6 Å². The molecule has 36 heavy (non-hydrogen) atoms. The summed E-state index contributed by atoms with van der Waals surface area (Å²) in [7, 11) is 1.62. The van der Waals surface area contributed by atoms with Gasteiger partial charge in [0.2, 0.25) is 0 Å². The summed E-state index contributed by atoms with van der Waals surface area (Å²) in [6.07, 6.45) is -1.68. The number of nitrogens with zero attached hydrogens (tertiary/aromatic N) is 2. The largest absolute Gasteiger partial charge is 0.497 e. The lowest BCUT2D eigenvalue weighted by Gasteiger charge is -2.42. The highest BCUT2D eigenvalue weighted by Crippen LogP contribution is 2.41. The number of aromatic nitrogens is 1. The van der Waals surface area contributed by atoms with Crippen LogP contribution in [0.25, 0.3) is 0 Å². The van der Waals surface area contributed by atoms with E-state index < -0.39 is 18.8 Å². The van der Waals surface area contributed by atoms with Gasteiger partial charge >= 0.3 is 6.18 Å². The van der Waals surface area contributed by atoms with Crippen molar-refractivity contribution in [3.05, 3.63) is 87.1 Å². The minimum atomic E-state index is -4.33. The van der Waals surface area contributed by atoms with Crippen LogP contribution in [0.1, 0.15) is 40.9 Å². The van der Waals surface area contributed by atoms with E-state index >= 15 is 0 Å². The van der Waals surface area contributed by atoms with Crippen molar-refractivity contribution in [2.45, 2.75) is 44.6 Å². The molecule has 0 spiro atoms. The number of halogens is 4. The van der Waals surface area contributed by atoms with E-state index in [-0.39, 0.29) is 6.04 Å². The highest BCUT2D eigenvalue weighted by atomic mass is 79.9. The number of alkyl halides is 3. The molecule has 0 fully saturated rings. The van der Waals surface area contributed by atoms with E-state index in [2.05, 4.69) is 20.9 Å². The molecule has 3 aromatic rings. The maximum Gasteiger partial charge on any atom is 0.401 e. The first-order valence-electron chi connectivity index (χ1n) is 11.7. The van der Waals surface area contributed by atoms with Crippen molar-refractivity contribution in [1.29, 1.82) is 0 Å². The monoisotopic (exact) mass is 563 g/mol. The van der Waals surface area contributed by atoms with E-state index in [4.69, 9.17) is 15.2 Å². The van der Waals surface area contributed by atoms with Crippen LogP contribution in [-0.2, 0) is 24.2 Å². The Balaban J connectivity index is 1.59. The zero-order valence-corrected chi connectivity index (χ0v) is 21.8. The molecule has 5 nitrogen and oxygen atoms in total. The van der Waals surface area contributed by atoms with Gasteiger partial charge in [-0.1, -0.05) is 18.2 Å². The summed E-state index contributed by atoms with van der Waals surface area (Å²) in [4.78, 5) is 5.95. The fraction of sp³-hybridized carbons (Fsp3) is 0.370. The number of benzene rings is 2. The molecule has 0 saturated carbocycles. The van der Waals surface area contributed by atoms with Gasteiger partial charge < -0.3 is 15.2 Å². The van der Waals surface area contributed by atoms with Crippen LogP contribution in [0.3, 0.4) is 0 Å². The topological polar surface area (TPSA) is 60.6 Å². The molecule has 0 amide bonds. The SMILES string of the molecule is COc1ccc(COCCc2c(N)ccc3c2C[C@@H](C)N(CC(F)(F)F)[C@@H]3c2ccc(Br)cn2)cc1. The molecule has 0 radical (unpaired) electrons. The lowest BCUT2D eigenvalue weighted by Crippen LogP contribution is -2.47. The summed E-state index contributed by atoms with van der Waals surface area (Å²) in [5, 5.41) is 0. The third-order valence-corrected chi connectivity index (χ3v) is 6.98. The van der Waals surface area contributed by atoms with Gasteiger partial charge in [0, 0.05) is 22.4 Å². The zero-order valence-electron chi connectivity index (χ0n) is 20.2. The van der Waals surface area contributed by atoms with Gasteiger partial charge in [0.05, 0.1) is 38.6 Å². The first-order valence-corrected chi connectivity index (χ1v) is 12.5. The third kappa shape index (κ3) is 6.19. The van der Waals surface area contributed by atoms with Crippen molar-refractivity contribution in [3.8, 4) is 5.75 Å². The first-order chi connectivity index (χ1) is 17.2. The van der Waals surface area contributed by atoms with Gasteiger partial charge in [-0.15, -0.1) is 0 Å². The molecule has 2 heterocycles.